The third-order valence-electron chi connectivity index (χ3n) is 4.05. The number of hydrogen-bond acceptors (Lipinski definition) is 7. The molecular formula is C17H18N2O6S. The van der Waals surface area contributed by atoms with E-state index < -0.39 is 34.4 Å². The first-order valence-corrected chi connectivity index (χ1v) is 9.86. The minimum Gasteiger partial charge on any atom is -0.452 e. The number of benzene rings is 1. The van der Waals surface area contributed by atoms with Gasteiger partial charge in [-0.2, -0.15) is 0 Å². The molecule has 1 atom stereocenters. The SMILES string of the molecule is Cc1onc(-c2ccccc2)c1C(=O)OCC(=O)NC1CCS(=O)(=O)C1. The lowest BCUT2D eigenvalue weighted by Gasteiger charge is -2.11. The van der Waals surface area contributed by atoms with Gasteiger partial charge in [0.05, 0.1) is 11.5 Å². The summed E-state index contributed by atoms with van der Waals surface area (Å²) in [5.74, 6) is -1.02. The second kappa shape index (κ2) is 7.28. The Morgan fingerprint density at radius 2 is 2.04 bits per heavy atom. The van der Waals surface area contributed by atoms with Crippen LogP contribution in [0.1, 0.15) is 22.5 Å². The first kappa shape index (κ1) is 18.1. The average molecular weight is 378 g/mol. The molecule has 0 radical (unpaired) electrons. The van der Waals surface area contributed by atoms with E-state index in [9.17, 15) is 18.0 Å². The fourth-order valence-electron chi connectivity index (χ4n) is 2.79. The number of carbonyl (C=O) groups is 2. The molecule has 3 rings (SSSR count). The van der Waals surface area contributed by atoms with Crippen molar-refractivity contribution in [3.05, 3.63) is 41.7 Å². The van der Waals surface area contributed by atoms with Crippen molar-refractivity contribution < 1.29 is 27.3 Å². The maximum absolute atomic E-state index is 12.4. The summed E-state index contributed by atoms with van der Waals surface area (Å²) >= 11 is 0. The molecule has 0 bridgehead atoms. The summed E-state index contributed by atoms with van der Waals surface area (Å²) in [6, 6.07) is 8.56. The molecule has 0 aliphatic carbocycles. The molecule has 2 heterocycles. The van der Waals surface area contributed by atoms with Crippen molar-refractivity contribution in [1.82, 2.24) is 10.5 Å². The Morgan fingerprint density at radius 3 is 2.69 bits per heavy atom. The van der Waals surface area contributed by atoms with Gasteiger partial charge in [-0.3, -0.25) is 4.79 Å². The normalized spacial score (nSPS) is 18.4. The molecule has 1 N–H and O–H groups in total. The molecule has 1 fully saturated rings. The first-order chi connectivity index (χ1) is 12.4. The van der Waals surface area contributed by atoms with Crippen LogP contribution in [0.4, 0.5) is 0 Å². The summed E-state index contributed by atoms with van der Waals surface area (Å²) in [6.45, 7) is 1.08. The van der Waals surface area contributed by atoms with Crippen LogP contribution in [0.25, 0.3) is 11.3 Å². The topological polar surface area (TPSA) is 116 Å². The van der Waals surface area contributed by atoms with E-state index >= 15 is 0 Å². The Morgan fingerprint density at radius 1 is 1.31 bits per heavy atom. The third-order valence-corrected chi connectivity index (χ3v) is 5.81. The number of aryl methyl sites for hydroxylation is 1. The Bertz CT molecular complexity index is 920. The molecule has 1 saturated heterocycles. The van der Waals surface area contributed by atoms with Crippen LogP contribution in [0.3, 0.4) is 0 Å². The molecule has 1 amide bonds. The summed E-state index contributed by atoms with van der Waals surface area (Å²) in [4.78, 5) is 24.3. The monoisotopic (exact) mass is 378 g/mol. The maximum Gasteiger partial charge on any atom is 0.344 e. The van der Waals surface area contributed by atoms with Gasteiger partial charge < -0.3 is 14.6 Å². The zero-order chi connectivity index (χ0) is 18.7. The Kier molecular flexibility index (Phi) is 5.08. The number of nitrogens with zero attached hydrogens (tertiary/aromatic N) is 1. The van der Waals surface area contributed by atoms with E-state index in [1.165, 1.54) is 0 Å². The van der Waals surface area contributed by atoms with E-state index in [0.717, 1.165) is 0 Å². The molecule has 26 heavy (non-hydrogen) atoms. The van der Waals surface area contributed by atoms with E-state index in [0.29, 0.717) is 17.7 Å². The largest absolute Gasteiger partial charge is 0.452 e. The Labute approximate surface area is 150 Å². The first-order valence-electron chi connectivity index (χ1n) is 8.04. The molecule has 8 nitrogen and oxygen atoms in total. The minimum atomic E-state index is -3.09. The van der Waals surface area contributed by atoms with Gasteiger partial charge in [-0.15, -0.1) is 0 Å². The van der Waals surface area contributed by atoms with Gasteiger partial charge in [0.15, 0.2) is 16.4 Å². The highest BCUT2D eigenvalue weighted by molar-refractivity contribution is 7.91. The van der Waals surface area contributed by atoms with Gasteiger partial charge in [0, 0.05) is 11.6 Å². The van der Waals surface area contributed by atoms with Crippen molar-refractivity contribution in [3.63, 3.8) is 0 Å². The van der Waals surface area contributed by atoms with Crippen LogP contribution >= 0.6 is 0 Å². The number of esters is 1. The van der Waals surface area contributed by atoms with Crippen molar-refractivity contribution in [2.75, 3.05) is 18.1 Å². The van der Waals surface area contributed by atoms with E-state index in [-0.39, 0.29) is 22.8 Å². The van der Waals surface area contributed by atoms with Crippen molar-refractivity contribution in [3.8, 4) is 11.3 Å². The van der Waals surface area contributed by atoms with E-state index in [4.69, 9.17) is 9.26 Å². The van der Waals surface area contributed by atoms with E-state index in [1.807, 2.05) is 6.07 Å². The molecule has 1 aliphatic rings. The molecule has 0 saturated carbocycles. The van der Waals surface area contributed by atoms with Crippen LogP contribution in [-0.4, -0.2) is 49.6 Å². The molecule has 1 aliphatic heterocycles. The number of rotatable bonds is 5. The van der Waals surface area contributed by atoms with E-state index in [1.54, 1.807) is 31.2 Å². The number of carbonyl (C=O) groups excluding carboxylic acids is 2. The number of nitrogens with one attached hydrogen (secondary N) is 1. The van der Waals surface area contributed by atoms with Crippen LogP contribution in [0, 0.1) is 6.92 Å². The van der Waals surface area contributed by atoms with Crippen LogP contribution in [0.15, 0.2) is 34.9 Å². The minimum absolute atomic E-state index is 0.0536. The fourth-order valence-corrected chi connectivity index (χ4v) is 4.46. The highest BCUT2D eigenvalue weighted by atomic mass is 32.2. The Hall–Kier alpha value is -2.68. The predicted octanol–water partition coefficient (Wildman–Crippen LogP) is 1.11. The number of ether oxygens (including phenoxy) is 1. The van der Waals surface area contributed by atoms with Gasteiger partial charge in [-0.1, -0.05) is 35.5 Å². The summed E-state index contributed by atoms with van der Waals surface area (Å²) in [7, 11) is -3.09. The number of hydrogen-bond donors (Lipinski definition) is 1. The van der Waals surface area contributed by atoms with Crippen LogP contribution in [0.2, 0.25) is 0 Å². The quantitative estimate of drug-likeness (QED) is 0.775. The lowest BCUT2D eigenvalue weighted by atomic mass is 10.1. The third kappa shape index (κ3) is 4.10. The van der Waals surface area contributed by atoms with Gasteiger partial charge >= 0.3 is 5.97 Å². The molecule has 9 heteroatoms. The van der Waals surface area contributed by atoms with Gasteiger partial charge in [-0.25, -0.2) is 13.2 Å². The average Bonchev–Trinajstić information content (AvgIpc) is 3.15. The summed E-state index contributed by atoms with van der Waals surface area (Å²) in [6.07, 6.45) is 0.366. The van der Waals surface area contributed by atoms with E-state index in [2.05, 4.69) is 10.5 Å². The molecule has 1 aromatic heterocycles. The lowest BCUT2D eigenvalue weighted by Crippen LogP contribution is -2.38. The highest BCUT2D eigenvalue weighted by Gasteiger charge is 2.29. The summed E-state index contributed by atoms with van der Waals surface area (Å²) < 4.78 is 32.9. The van der Waals surface area contributed by atoms with Gasteiger partial charge in [0.2, 0.25) is 0 Å². The lowest BCUT2D eigenvalue weighted by molar-refractivity contribution is -0.124. The summed E-state index contributed by atoms with van der Waals surface area (Å²) in [5.41, 5.74) is 1.19. The molecule has 2 aromatic rings. The molecule has 138 valence electrons. The molecule has 1 unspecified atom stereocenters. The van der Waals surface area contributed by atoms with Crippen LogP contribution in [-0.2, 0) is 19.4 Å². The number of amides is 1. The standard InChI is InChI=1S/C17H18N2O6S/c1-11-15(16(19-25-11)12-5-3-2-4-6-12)17(21)24-9-14(20)18-13-7-8-26(22,23)10-13/h2-6,13H,7-10H2,1H3,(H,18,20). The number of aromatic nitrogens is 1. The predicted molar refractivity (Wildman–Crippen MR) is 92.2 cm³/mol. The molecule has 1 aromatic carbocycles. The van der Waals surface area contributed by atoms with Crippen molar-refractivity contribution >= 4 is 21.7 Å². The maximum atomic E-state index is 12.4. The smallest absolute Gasteiger partial charge is 0.344 e. The van der Waals surface area contributed by atoms with Crippen molar-refractivity contribution in [2.24, 2.45) is 0 Å². The Balaban J connectivity index is 1.62. The molecule has 0 spiro atoms. The zero-order valence-electron chi connectivity index (χ0n) is 14.1. The van der Waals surface area contributed by atoms with Gasteiger partial charge in [0.1, 0.15) is 17.0 Å². The van der Waals surface area contributed by atoms with Gasteiger partial charge in [-0.05, 0) is 13.3 Å². The second-order valence-electron chi connectivity index (χ2n) is 6.07. The van der Waals surface area contributed by atoms with Gasteiger partial charge in [0.25, 0.3) is 5.91 Å². The molecular weight excluding hydrogens is 360 g/mol. The summed E-state index contributed by atoms with van der Waals surface area (Å²) in [5, 5.41) is 6.45. The number of sulfone groups is 1. The van der Waals surface area contributed by atoms with Crippen molar-refractivity contribution in [1.29, 1.82) is 0 Å². The van der Waals surface area contributed by atoms with Crippen LogP contribution < -0.4 is 5.32 Å². The fraction of sp³-hybridized carbons (Fsp3) is 0.353. The van der Waals surface area contributed by atoms with Crippen LogP contribution in [0.5, 0.6) is 0 Å². The zero-order valence-corrected chi connectivity index (χ0v) is 14.9. The second-order valence-corrected chi connectivity index (χ2v) is 8.30. The van der Waals surface area contributed by atoms with Crippen molar-refractivity contribution in [2.45, 2.75) is 19.4 Å². The highest BCUT2D eigenvalue weighted by Crippen LogP contribution is 2.25.